The molecule has 0 amide bonds. The summed E-state index contributed by atoms with van der Waals surface area (Å²) in [5.74, 6) is 0. The van der Waals surface area contributed by atoms with Crippen molar-refractivity contribution in [2.75, 3.05) is 7.05 Å². The highest BCUT2D eigenvalue weighted by Gasteiger charge is 2.41. The minimum atomic E-state index is 0.398. The molecule has 1 saturated heterocycles. The van der Waals surface area contributed by atoms with Gasteiger partial charge >= 0.3 is 0 Å². The second-order valence-electron chi connectivity index (χ2n) is 5.59. The highest BCUT2D eigenvalue weighted by molar-refractivity contribution is 4.95. The van der Waals surface area contributed by atoms with Crippen LogP contribution < -0.4 is 0 Å². The van der Waals surface area contributed by atoms with Crippen LogP contribution in [-0.2, 0) is 0 Å². The fourth-order valence-electron chi connectivity index (χ4n) is 2.06. The van der Waals surface area contributed by atoms with E-state index in [2.05, 4.69) is 46.6 Å². The summed E-state index contributed by atoms with van der Waals surface area (Å²) in [5.41, 5.74) is 0.888. The van der Waals surface area contributed by atoms with Crippen molar-refractivity contribution in [1.29, 1.82) is 0 Å². The Kier molecular flexibility index (Phi) is 2.28. The first kappa shape index (κ1) is 10.0. The summed E-state index contributed by atoms with van der Waals surface area (Å²) < 4.78 is 0. The second-order valence-corrected chi connectivity index (χ2v) is 5.59. The third kappa shape index (κ3) is 1.52. The van der Waals surface area contributed by atoms with Gasteiger partial charge in [-0.2, -0.15) is 0 Å². The summed E-state index contributed by atoms with van der Waals surface area (Å²) in [7, 11) is 2.26. The molecule has 1 nitrogen and oxygen atoms in total. The van der Waals surface area contributed by atoms with Gasteiger partial charge in [-0.15, -0.1) is 0 Å². The minimum absolute atomic E-state index is 0.398. The first-order valence-corrected chi connectivity index (χ1v) is 5.00. The number of piperidine rings is 1. The Morgan fingerprint density at radius 2 is 1.58 bits per heavy atom. The molecule has 1 heteroatoms. The smallest absolute Gasteiger partial charge is 0.0153 e. The Morgan fingerprint density at radius 3 is 2.00 bits per heavy atom. The molecule has 0 N–H and O–H groups in total. The maximum absolute atomic E-state index is 2.52. The van der Waals surface area contributed by atoms with Crippen LogP contribution in [0.4, 0.5) is 0 Å². The summed E-state index contributed by atoms with van der Waals surface area (Å²) in [5, 5.41) is 0. The molecule has 0 saturated carbocycles. The highest BCUT2D eigenvalue weighted by Crippen LogP contribution is 2.41. The van der Waals surface area contributed by atoms with Gasteiger partial charge in [0.05, 0.1) is 0 Å². The molecular weight excluding hydrogens is 146 g/mol. The Hall–Kier alpha value is -0.0400. The predicted octanol–water partition coefficient (Wildman–Crippen LogP) is 2.91. The van der Waals surface area contributed by atoms with Gasteiger partial charge in [-0.05, 0) is 46.1 Å². The molecule has 0 aromatic carbocycles. The van der Waals surface area contributed by atoms with Crippen LogP contribution in [0.25, 0.3) is 0 Å². The van der Waals surface area contributed by atoms with Gasteiger partial charge in [-0.3, -0.25) is 4.90 Å². The number of hydrogen-bond acceptors (Lipinski definition) is 1. The van der Waals surface area contributed by atoms with E-state index in [1.54, 1.807) is 0 Å². The van der Waals surface area contributed by atoms with Crippen LogP contribution >= 0.6 is 0 Å². The molecule has 0 aromatic heterocycles. The van der Waals surface area contributed by atoms with Gasteiger partial charge in [-0.25, -0.2) is 0 Å². The van der Waals surface area contributed by atoms with Gasteiger partial charge in [0.1, 0.15) is 0 Å². The first-order chi connectivity index (χ1) is 5.27. The zero-order valence-electron chi connectivity index (χ0n) is 9.44. The lowest BCUT2D eigenvalue weighted by atomic mass is 9.72. The van der Waals surface area contributed by atoms with Crippen molar-refractivity contribution < 1.29 is 0 Å². The van der Waals surface area contributed by atoms with Crippen molar-refractivity contribution in [3.8, 4) is 0 Å². The third-order valence-electron chi connectivity index (χ3n) is 4.05. The van der Waals surface area contributed by atoms with E-state index in [1.165, 1.54) is 12.8 Å². The topological polar surface area (TPSA) is 3.24 Å². The number of likely N-dealkylation sites (tertiary alicyclic amines) is 1. The van der Waals surface area contributed by atoms with E-state index in [4.69, 9.17) is 0 Å². The van der Waals surface area contributed by atoms with Gasteiger partial charge in [0.2, 0.25) is 0 Å². The standard InChI is InChI=1S/C11H23N/c1-9-10(2,3)7-8-11(4,5)12(9)6/h9H,7-8H2,1-6H3. The largest absolute Gasteiger partial charge is 0.298 e. The Morgan fingerprint density at radius 1 is 1.08 bits per heavy atom. The monoisotopic (exact) mass is 169 g/mol. The Bertz CT molecular complexity index is 150. The van der Waals surface area contributed by atoms with Gasteiger partial charge in [-0.1, -0.05) is 13.8 Å². The molecule has 1 unspecified atom stereocenters. The van der Waals surface area contributed by atoms with E-state index in [0.29, 0.717) is 17.0 Å². The molecule has 0 aromatic rings. The molecule has 1 atom stereocenters. The van der Waals surface area contributed by atoms with Crippen LogP contribution in [0.5, 0.6) is 0 Å². The molecule has 1 aliphatic rings. The van der Waals surface area contributed by atoms with Crippen LogP contribution in [0.3, 0.4) is 0 Å². The van der Waals surface area contributed by atoms with E-state index < -0.39 is 0 Å². The SMILES string of the molecule is CC1N(C)C(C)(C)CCC1(C)C. The quantitative estimate of drug-likeness (QED) is 0.539. The van der Waals surface area contributed by atoms with Gasteiger partial charge in [0.25, 0.3) is 0 Å². The lowest BCUT2D eigenvalue weighted by Crippen LogP contribution is -2.56. The molecule has 0 radical (unpaired) electrons. The normalized spacial score (nSPS) is 35.0. The van der Waals surface area contributed by atoms with E-state index in [-0.39, 0.29) is 0 Å². The average molecular weight is 169 g/mol. The van der Waals surface area contributed by atoms with Crippen LogP contribution in [-0.4, -0.2) is 23.5 Å². The molecule has 0 spiro atoms. The molecule has 0 bridgehead atoms. The molecule has 72 valence electrons. The summed E-state index contributed by atoms with van der Waals surface area (Å²) in [6.07, 6.45) is 2.67. The van der Waals surface area contributed by atoms with Crippen molar-refractivity contribution in [2.45, 2.75) is 59.0 Å². The van der Waals surface area contributed by atoms with Crippen LogP contribution in [0.1, 0.15) is 47.5 Å². The van der Waals surface area contributed by atoms with Crippen molar-refractivity contribution >= 4 is 0 Å². The van der Waals surface area contributed by atoms with E-state index >= 15 is 0 Å². The lowest BCUT2D eigenvalue weighted by molar-refractivity contribution is -0.0202. The number of rotatable bonds is 0. The van der Waals surface area contributed by atoms with E-state index in [9.17, 15) is 0 Å². The van der Waals surface area contributed by atoms with E-state index in [1.807, 2.05) is 0 Å². The van der Waals surface area contributed by atoms with Crippen molar-refractivity contribution in [3.05, 3.63) is 0 Å². The van der Waals surface area contributed by atoms with E-state index in [0.717, 1.165) is 0 Å². The second kappa shape index (κ2) is 2.73. The third-order valence-corrected chi connectivity index (χ3v) is 4.05. The predicted molar refractivity (Wildman–Crippen MR) is 54.3 cm³/mol. The average Bonchev–Trinajstić information content (AvgIpc) is 1.96. The maximum atomic E-state index is 2.52. The fourth-order valence-corrected chi connectivity index (χ4v) is 2.06. The molecule has 1 rings (SSSR count). The molecule has 0 aliphatic carbocycles. The molecule has 1 fully saturated rings. The van der Waals surface area contributed by atoms with Crippen molar-refractivity contribution in [2.24, 2.45) is 5.41 Å². The van der Waals surface area contributed by atoms with Crippen LogP contribution in [0, 0.1) is 5.41 Å². The van der Waals surface area contributed by atoms with Gasteiger partial charge < -0.3 is 0 Å². The molecular formula is C11H23N. The zero-order chi connectivity index (χ0) is 9.57. The summed E-state index contributed by atoms with van der Waals surface area (Å²) in [6, 6.07) is 0.696. The molecule has 1 heterocycles. The zero-order valence-corrected chi connectivity index (χ0v) is 9.44. The number of hydrogen-bond donors (Lipinski definition) is 0. The van der Waals surface area contributed by atoms with Crippen molar-refractivity contribution in [3.63, 3.8) is 0 Å². The lowest BCUT2D eigenvalue weighted by Gasteiger charge is -2.52. The fraction of sp³-hybridized carbons (Fsp3) is 1.00. The summed E-state index contributed by atoms with van der Waals surface area (Å²) in [6.45, 7) is 11.8. The van der Waals surface area contributed by atoms with Crippen molar-refractivity contribution in [1.82, 2.24) is 4.90 Å². The van der Waals surface area contributed by atoms with Crippen LogP contribution in [0.15, 0.2) is 0 Å². The van der Waals surface area contributed by atoms with Gasteiger partial charge in [0, 0.05) is 11.6 Å². The first-order valence-electron chi connectivity index (χ1n) is 5.00. The number of nitrogens with zero attached hydrogens (tertiary/aromatic N) is 1. The Labute approximate surface area is 77.1 Å². The van der Waals surface area contributed by atoms with Gasteiger partial charge in [0.15, 0.2) is 0 Å². The minimum Gasteiger partial charge on any atom is -0.298 e. The Balaban J connectivity index is 2.80. The summed E-state index contributed by atoms with van der Waals surface area (Å²) in [4.78, 5) is 2.52. The molecule has 1 aliphatic heterocycles. The molecule has 12 heavy (non-hydrogen) atoms. The highest BCUT2D eigenvalue weighted by atomic mass is 15.2. The maximum Gasteiger partial charge on any atom is 0.0153 e. The summed E-state index contributed by atoms with van der Waals surface area (Å²) >= 11 is 0. The van der Waals surface area contributed by atoms with Crippen LogP contribution in [0.2, 0.25) is 0 Å².